The number of hydrogen-bond acceptors (Lipinski definition) is 2. The molecule has 4 rings (SSSR count). The molecule has 1 saturated heterocycles. The van der Waals surface area contributed by atoms with Gasteiger partial charge in [-0.3, -0.25) is 0 Å². The van der Waals surface area contributed by atoms with Gasteiger partial charge in [-0.15, -0.1) is 0 Å². The topological polar surface area (TPSA) is 31.9 Å². The first-order valence-electron chi connectivity index (χ1n) is 7.20. The number of para-hydroxylation sites is 2. The van der Waals surface area contributed by atoms with E-state index in [0.717, 1.165) is 22.4 Å². The molecule has 3 nitrogen and oxygen atoms in total. The molecule has 100 valence electrons. The highest BCUT2D eigenvalue weighted by Crippen LogP contribution is 2.25. The minimum absolute atomic E-state index is 0.944. The van der Waals surface area contributed by atoms with E-state index in [9.17, 15) is 0 Å². The molecule has 1 fully saturated rings. The zero-order chi connectivity index (χ0) is 13.4. The maximum Gasteiger partial charge on any atom is 0.138 e. The van der Waals surface area contributed by atoms with Gasteiger partial charge in [-0.1, -0.05) is 12.1 Å². The number of nitrogens with one attached hydrogen (secondary N) is 1. The molecule has 0 saturated carbocycles. The first kappa shape index (κ1) is 11.5. The molecule has 0 amide bonds. The molecule has 1 aromatic heterocycles. The van der Waals surface area contributed by atoms with Crippen LogP contribution in [-0.4, -0.2) is 23.1 Å². The Kier molecular flexibility index (Phi) is 2.69. The van der Waals surface area contributed by atoms with Crippen LogP contribution in [0.2, 0.25) is 0 Å². The quantitative estimate of drug-likeness (QED) is 0.762. The molecule has 2 aromatic carbocycles. The lowest BCUT2D eigenvalue weighted by molar-refractivity contribution is 0.949. The van der Waals surface area contributed by atoms with Gasteiger partial charge in [0.15, 0.2) is 0 Å². The maximum absolute atomic E-state index is 4.64. The molecule has 0 bridgehead atoms. The van der Waals surface area contributed by atoms with Gasteiger partial charge in [0.05, 0.1) is 11.0 Å². The Morgan fingerprint density at radius 1 is 0.900 bits per heavy atom. The van der Waals surface area contributed by atoms with Crippen LogP contribution in [0.15, 0.2) is 48.5 Å². The van der Waals surface area contributed by atoms with Crippen molar-refractivity contribution in [1.29, 1.82) is 0 Å². The van der Waals surface area contributed by atoms with Crippen molar-refractivity contribution in [2.24, 2.45) is 0 Å². The van der Waals surface area contributed by atoms with E-state index >= 15 is 0 Å². The minimum atomic E-state index is 0.944. The fraction of sp³-hybridized carbons (Fsp3) is 0.235. The average molecular weight is 263 g/mol. The molecule has 3 heteroatoms. The largest absolute Gasteiger partial charge is 0.372 e. The van der Waals surface area contributed by atoms with Crippen LogP contribution in [0.3, 0.4) is 0 Å². The van der Waals surface area contributed by atoms with Gasteiger partial charge in [-0.25, -0.2) is 4.98 Å². The summed E-state index contributed by atoms with van der Waals surface area (Å²) in [5.41, 5.74) is 4.57. The number of fused-ring (bicyclic) bond motifs is 1. The van der Waals surface area contributed by atoms with E-state index in [0.29, 0.717) is 0 Å². The molecule has 1 aliphatic heterocycles. The molecule has 1 aliphatic rings. The van der Waals surface area contributed by atoms with Crippen LogP contribution in [-0.2, 0) is 0 Å². The third kappa shape index (κ3) is 1.95. The second-order valence-corrected chi connectivity index (χ2v) is 5.34. The van der Waals surface area contributed by atoms with Gasteiger partial charge in [0.25, 0.3) is 0 Å². The lowest BCUT2D eigenvalue weighted by atomic mass is 10.2. The van der Waals surface area contributed by atoms with E-state index < -0.39 is 0 Å². The summed E-state index contributed by atoms with van der Waals surface area (Å²) < 4.78 is 0. The van der Waals surface area contributed by atoms with Crippen LogP contribution in [0.25, 0.3) is 22.4 Å². The van der Waals surface area contributed by atoms with E-state index in [2.05, 4.69) is 45.2 Å². The van der Waals surface area contributed by atoms with Crippen molar-refractivity contribution in [3.8, 4) is 11.4 Å². The lowest BCUT2D eigenvalue weighted by Crippen LogP contribution is -2.17. The van der Waals surface area contributed by atoms with Crippen LogP contribution < -0.4 is 4.90 Å². The molecule has 2 heterocycles. The van der Waals surface area contributed by atoms with Crippen molar-refractivity contribution < 1.29 is 0 Å². The zero-order valence-electron chi connectivity index (χ0n) is 11.3. The van der Waals surface area contributed by atoms with Crippen molar-refractivity contribution >= 4 is 16.7 Å². The molecular weight excluding hydrogens is 246 g/mol. The highest BCUT2D eigenvalue weighted by molar-refractivity contribution is 5.79. The molecule has 20 heavy (non-hydrogen) atoms. The average Bonchev–Trinajstić information content (AvgIpc) is 3.17. The standard InChI is InChI=1S/C17H17N3/c1-2-6-16-15(5-1)18-17(19-16)13-7-9-14(10-8-13)20-11-3-4-12-20/h1-2,5-10H,3-4,11-12H2,(H,18,19). The summed E-state index contributed by atoms with van der Waals surface area (Å²) >= 11 is 0. The SMILES string of the molecule is c1ccc2[nH]c(-c3ccc(N4CCCC4)cc3)nc2c1. The Labute approximate surface area is 118 Å². The van der Waals surface area contributed by atoms with E-state index in [-0.39, 0.29) is 0 Å². The van der Waals surface area contributed by atoms with Gasteiger partial charge in [-0.05, 0) is 49.2 Å². The third-order valence-corrected chi connectivity index (χ3v) is 4.00. The van der Waals surface area contributed by atoms with E-state index in [4.69, 9.17) is 0 Å². The normalized spacial score (nSPS) is 15.1. The van der Waals surface area contributed by atoms with Gasteiger partial charge in [-0.2, -0.15) is 0 Å². The van der Waals surface area contributed by atoms with E-state index in [1.807, 2.05) is 18.2 Å². The number of hydrogen-bond donors (Lipinski definition) is 1. The number of imidazole rings is 1. The maximum atomic E-state index is 4.64. The molecule has 1 N–H and O–H groups in total. The summed E-state index contributed by atoms with van der Waals surface area (Å²) in [4.78, 5) is 10.5. The van der Waals surface area contributed by atoms with Crippen molar-refractivity contribution in [2.45, 2.75) is 12.8 Å². The highest BCUT2D eigenvalue weighted by Gasteiger charge is 2.12. The first-order chi connectivity index (χ1) is 9.90. The minimum Gasteiger partial charge on any atom is -0.372 e. The Bertz CT molecular complexity index is 688. The summed E-state index contributed by atoms with van der Waals surface area (Å²) in [5.74, 6) is 0.944. The first-order valence-corrected chi connectivity index (χ1v) is 7.20. The molecule has 0 radical (unpaired) electrons. The summed E-state index contributed by atoms with van der Waals surface area (Å²) in [6.45, 7) is 2.37. The third-order valence-electron chi connectivity index (χ3n) is 4.00. The summed E-state index contributed by atoms with van der Waals surface area (Å²) in [6, 6.07) is 16.9. The van der Waals surface area contributed by atoms with E-state index in [1.165, 1.54) is 31.6 Å². The molecule has 3 aromatic rings. The number of aromatic amines is 1. The molecule has 0 unspecified atom stereocenters. The van der Waals surface area contributed by atoms with Crippen LogP contribution >= 0.6 is 0 Å². The zero-order valence-corrected chi connectivity index (χ0v) is 11.3. The predicted octanol–water partition coefficient (Wildman–Crippen LogP) is 3.83. The molecule has 0 atom stereocenters. The Morgan fingerprint density at radius 3 is 2.40 bits per heavy atom. The van der Waals surface area contributed by atoms with Crippen LogP contribution in [0.4, 0.5) is 5.69 Å². The monoisotopic (exact) mass is 263 g/mol. The number of nitrogens with zero attached hydrogens (tertiary/aromatic N) is 2. The Morgan fingerprint density at radius 2 is 1.65 bits per heavy atom. The predicted molar refractivity (Wildman–Crippen MR) is 83.0 cm³/mol. The second-order valence-electron chi connectivity index (χ2n) is 5.34. The Balaban J connectivity index is 1.67. The summed E-state index contributed by atoms with van der Waals surface area (Å²) in [7, 11) is 0. The number of H-pyrrole nitrogens is 1. The van der Waals surface area contributed by atoms with Crippen LogP contribution in [0.1, 0.15) is 12.8 Å². The number of rotatable bonds is 2. The summed E-state index contributed by atoms with van der Waals surface area (Å²) in [5, 5.41) is 0. The van der Waals surface area contributed by atoms with Gasteiger partial charge in [0.2, 0.25) is 0 Å². The van der Waals surface area contributed by atoms with Crippen molar-refractivity contribution in [3.05, 3.63) is 48.5 Å². The lowest BCUT2D eigenvalue weighted by Gasteiger charge is -2.17. The number of benzene rings is 2. The van der Waals surface area contributed by atoms with Gasteiger partial charge in [0, 0.05) is 24.3 Å². The fourth-order valence-electron chi connectivity index (χ4n) is 2.89. The smallest absolute Gasteiger partial charge is 0.138 e. The fourth-order valence-corrected chi connectivity index (χ4v) is 2.89. The van der Waals surface area contributed by atoms with Crippen LogP contribution in [0, 0.1) is 0 Å². The van der Waals surface area contributed by atoms with E-state index in [1.54, 1.807) is 0 Å². The second kappa shape index (κ2) is 4.67. The van der Waals surface area contributed by atoms with Crippen molar-refractivity contribution in [1.82, 2.24) is 9.97 Å². The molecular formula is C17H17N3. The summed E-state index contributed by atoms with van der Waals surface area (Å²) in [6.07, 6.45) is 2.62. The Hall–Kier alpha value is -2.29. The molecule has 0 aliphatic carbocycles. The van der Waals surface area contributed by atoms with Crippen molar-refractivity contribution in [2.75, 3.05) is 18.0 Å². The highest BCUT2D eigenvalue weighted by atomic mass is 15.1. The van der Waals surface area contributed by atoms with Crippen LogP contribution in [0.5, 0.6) is 0 Å². The van der Waals surface area contributed by atoms with Crippen molar-refractivity contribution in [3.63, 3.8) is 0 Å². The van der Waals surface area contributed by atoms with Gasteiger partial charge < -0.3 is 9.88 Å². The number of anilines is 1. The van der Waals surface area contributed by atoms with Gasteiger partial charge in [0.1, 0.15) is 5.82 Å². The van der Waals surface area contributed by atoms with Gasteiger partial charge >= 0.3 is 0 Å². The number of aromatic nitrogens is 2. The molecule has 0 spiro atoms.